The quantitative estimate of drug-likeness (QED) is 0.893. The first-order valence-corrected chi connectivity index (χ1v) is 7.80. The monoisotopic (exact) mass is 275 g/mol. The van der Waals surface area contributed by atoms with E-state index in [4.69, 9.17) is 5.73 Å². The number of benzene rings is 1. The highest BCUT2D eigenvalue weighted by molar-refractivity contribution is 5.25. The molecule has 1 aromatic carbocycles. The fourth-order valence-corrected chi connectivity index (χ4v) is 2.79. The molecule has 1 atom stereocenters. The molecule has 0 spiro atoms. The lowest BCUT2D eigenvalue weighted by Crippen LogP contribution is -2.46. The van der Waals surface area contributed by atoms with Gasteiger partial charge in [-0.3, -0.25) is 4.90 Å². The van der Waals surface area contributed by atoms with E-state index in [1.165, 1.54) is 11.1 Å². The Balaban J connectivity index is 1.87. The van der Waals surface area contributed by atoms with Crippen LogP contribution in [0.5, 0.6) is 0 Å². The van der Waals surface area contributed by atoms with Crippen LogP contribution in [0.4, 0.5) is 0 Å². The van der Waals surface area contributed by atoms with Crippen molar-refractivity contribution in [2.24, 2.45) is 11.7 Å². The minimum absolute atomic E-state index is 0.131. The Bertz CT molecular complexity index is 391. The summed E-state index contributed by atoms with van der Waals surface area (Å²) in [5.74, 6) is 0.708. The summed E-state index contributed by atoms with van der Waals surface area (Å²) >= 11 is 0. The molecule has 0 bridgehead atoms. The molecule has 2 N–H and O–H groups in total. The molecule has 0 aromatic heterocycles. The second-order valence-electron chi connectivity index (χ2n) is 6.55. The highest BCUT2D eigenvalue weighted by atomic mass is 15.2. The zero-order valence-electron chi connectivity index (χ0n) is 13.2. The van der Waals surface area contributed by atoms with Crippen LogP contribution in [0.25, 0.3) is 0 Å². The lowest BCUT2D eigenvalue weighted by Gasteiger charge is -2.33. The Hall–Kier alpha value is -0.900. The van der Waals surface area contributed by atoms with Crippen LogP contribution in [0.15, 0.2) is 24.3 Å². The van der Waals surface area contributed by atoms with Crippen LogP contribution < -0.4 is 5.73 Å². The third-order valence-electron chi connectivity index (χ3n) is 4.10. The molecule has 0 amide bonds. The van der Waals surface area contributed by atoms with E-state index in [2.05, 4.69) is 55.0 Å². The predicted octanol–water partition coefficient (Wildman–Crippen LogP) is 2.13. The lowest BCUT2D eigenvalue weighted by molar-refractivity contribution is 0.147. The molecule has 2 rings (SSSR count). The van der Waals surface area contributed by atoms with Gasteiger partial charge in [-0.05, 0) is 30.5 Å². The van der Waals surface area contributed by atoms with E-state index in [9.17, 15) is 0 Å². The molecule has 1 aliphatic rings. The van der Waals surface area contributed by atoms with E-state index >= 15 is 0 Å². The summed E-state index contributed by atoms with van der Waals surface area (Å²) < 4.78 is 0. The van der Waals surface area contributed by atoms with Crippen molar-refractivity contribution in [2.75, 3.05) is 39.8 Å². The molecule has 3 heteroatoms. The Morgan fingerprint density at radius 3 is 2.20 bits per heavy atom. The number of likely N-dealkylation sites (N-methyl/N-ethyl adjacent to an activating group) is 1. The van der Waals surface area contributed by atoms with E-state index in [0.29, 0.717) is 5.92 Å². The topological polar surface area (TPSA) is 32.5 Å². The zero-order valence-corrected chi connectivity index (χ0v) is 13.2. The van der Waals surface area contributed by atoms with Gasteiger partial charge in [-0.25, -0.2) is 0 Å². The smallest absolute Gasteiger partial charge is 0.0424 e. The number of nitrogens with zero attached hydrogens (tertiary/aromatic N) is 2. The average molecular weight is 275 g/mol. The second-order valence-corrected chi connectivity index (χ2v) is 6.55. The maximum Gasteiger partial charge on any atom is 0.0424 e. The first-order chi connectivity index (χ1) is 9.54. The van der Waals surface area contributed by atoms with Crippen LogP contribution >= 0.6 is 0 Å². The van der Waals surface area contributed by atoms with Crippen molar-refractivity contribution in [2.45, 2.75) is 26.3 Å². The van der Waals surface area contributed by atoms with Crippen LogP contribution in [-0.4, -0.2) is 49.6 Å². The Kier molecular flexibility index (Phi) is 5.58. The van der Waals surface area contributed by atoms with Crippen molar-refractivity contribution in [1.82, 2.24) is 9.80 Å². The summed E-state index contributed by atoms with van der Waals surface area (Å²) in [5.41, 5.74) is 9.03. The van der Waals surface area contributed by atoms with E-state index in [1.807, 2.05) is 0 Å². The molecule has 1 aromatic rings. The van der Waals surface area contributed by atoms with Gasteiger partial charge in [-0.1, -0.05) is 38.1 Å². The summed E-state index contributed by atoms with van der Waals surface area (Å²) in [4.78, 5) is 4.86. The summed E-state index contributed by atoms with van der Waals surface area (Å²) in [6.45, 7) is 10.1. The molecule has 0 saturated carbocycles. The maximum absolute atomic E-state index is 6.36. The number of piperazine rings is 1. The van der Waals surface area contributed by atoms with Crippen LogP contribution in [0.2, 0.25) is 0 Å². The van der Waals surface area contributed by atoms with Gasteiger partial charge in [0.1, 0.15) is 0 Å². The Labute approximate surface area is 123 Å². The molecule has 20 heavy (non-hydrogen) atoms. The van der Waals surface area contributed by atoms with Crippen LogP contribution in [0.1, 0.15) is 31.0 Å². The van der Waals surface area contributed by atoms with E-state index < -0.39 is 0 Å². The van der Waals surface area contributed by atoms with Crippen molar-refractivity contribution in [3.05, 3.63) is 35.4 Å². The fraction of sp³-hybridized carbons (Fsp3) is 0.647. The maximum atomic E-state index is 6.36. The van der Waals surface area contributed by atoms with Gasteiger partial charge in [0.15, 0.2) is 0 Å². The van der Waals surface area contributed by atoms with Crippen molar-refractivity contribution < 1.29 is 0 Å². The summed E-state index contributed by atoms with van der Waals surface area (Å²) in [7, 11) is 2.19. The van der Waals surface area contributed by atoms with Crippen molar-refractivity contribution in [3.63, 3.8) is 0 Å². The third-order valence-corrected chi connectivity index (χ3v) is 4.10. The largest absolute Gasteiger partial charge is 0.323 e. The SMILES string of the molecule is CC(C)Cc1ccc(C(N)CN2CCN(C)CC2)cc1. The first kappa shape index (κ1) is 15.5. The molecule has 112 valence electrons. The highest BCUT2D eigenvalue weighted by Gasteiger charge is 2.17. The van der Waals surface area contributed by atoms with Gasteiger partial charge in [-0.15, -0.1) is 0 Å². The summed E-state index contributed by atoms with van der Waals surface area (Å²) in [5, 5.41) is 0. The molecule has 3 nitrogen and oxygen atoms in total. The predicted molar refractivity (Wildman–Crippen MR) is 85.8 cm³/mol. The summed E-state index contributed by atoms with van der Waals surface area (Å²) in [6.07, 6.45) is 1.15. The average Bonchev–Trinajstić information content (AvgIpc) is 2.41. The van der Waals surface area contributed by atoms with Gasteiger partial charge < -0.3 is 10.6 Å². The highest BCUT2D eigenvalue weighted by Crippen LogP contribution is 2.16. The lowest BCUT2D eigenvalue weighted by atomic mass is 9.99. The third kappa shape index (κ3) is 4.58. The minimum Gasteiger partial charge on any atom is -0.323 e. The minimum atomic E-state index is 0.131. The molecule has 0 aliphatic carbocycles. The van der Waals surface area contributed by atoms with Gasteiger partial charge in [0.2, 0.25) is 0 Å². The van der Waals surface area contributed by atoms with E-state index in [1.54, 1.807) is 0 Å². The molecular weight excluding hydrogens is 246 g/mol. The van der Waals surface area contributed by atoms with Gasteiger partial charge in [0.25, 0.3) is 0 Å². The van der Waals surface area contributed by atoms with E-state index in [-0.39, 0.29) is 6.04 Å². The van der Waals surface area contributed by atoms with Crippen molar-refractivity contribution >= 4 is 0 Å². The Morgan fingerprint density at radius 1 is 1.05 bits per heavy atom. The molecule has 0 radical (unpaired) electrons. The summed E-state index contributed by atoms with van der Waals surface area (Å²) in [6, 6.07) is 9.02. The van der Waals surface area contributed by atoms with Crippen molar-refractivity contribution in [3.8, 4) is 0 Å². The zero-order chi connectivity index (χ0) is 14.5. The van der Waals surface area contributed by atoms with Gasteiger partial charge in [0, 0.05) is 38.8 Å². The van der Waals surface area contributed by atoms with Crippen molar-refractivity contribution in [1.29, 1.82) is 0 Å². The number of nitrogens with two attached hydrogens (primary N) is 1. The van der Waals surface area contributed by atoms with Crippen LogP contribution in [-0.2, 0) is 6.42 Å². The van der Waals surface area contributed by atoms with Gasteiger partial charge in [-0.2, -0.15) is 0 Å². The van der Waals surface area contributed by atoms with Gasteiger partial charge >= 0.3 is 0 Å². The second kappa shape index (κ2) is 7.21. The molecule has 1 aliphatic heterocycles. The fourth-order valence-electron chi connectivity index (χ4n) is 2.79. The molecule has 1 unspecified atom stereocenters. The number of hydrogen-bond donors (Lipinski definition) is 1. The van der Waals surface area contributed by atoms with Crippen LogP contribution in [0, 0.1) is 5.92 Å². The molecule has 1 saturated heterocycles. The number of hydrogen-bond acceptors (Lipinski definition) is 3. The van der Waals surface area contributed by atoms with Crippen LogP contribution in [0.3, 0.4) is 0 Å². The standard InChI is InChI=1S/C17H29N3/c1-14(2)12-15-4-6-16(7-5-15)17(18)13-20-10-8-19(3)9-11-20/h4-7,14,17H,8-13,18H2,1-3H3. The normalized spacial score (nSPS) is 19.4. The first-order valence-electron chi connectivity index (χ1n) is 7.80. The van der Waals surface area contributed by atoms with E-state index in [0.717, 1.165) is 39.1 Å². The Morgan fingerprint density at radius 2 is 1.65 bits per heavy atom. The molecule has 1 fully saturated rings. The molecule has 1 heterocycles. The van der Waals surface area contributed by atoms with Gasteiger partial charge in [0.05, 0.1) is 0 Å². The molecular formula is C17H29N3. The number of rotatable bonds is 5.